The monoisotopic (exact) mass is 381 g/mol. The summed E-state index contributed by atoms with van der Waals surface area (Å²) in [6.07, 6.45) is 0. The highest BCUT2D eigenvalue weighted by Crippen LogP contribution is 2.26. The van der Waals surface area contributed by atoms with E-state index in [2.05, 4.69) is 54.0 Å². The zero-order chi connectivity index (χ0) is 9.97. The van der Waals surface area contributed by atoms with Crippen LogP contribution in [0.1, 0.15) is 0 Å². The Bertz CT molecular complexity index is 446. The Labute approximate surface area is 107 Å². The lowest BCUT2D eigenvalue weighted by molar-refractivity contribution is 1.07. The van der Waals surface area contributed by atoms with Crippen molar-refractivity contribution < 1.29 is 0 Å². The van der Waals surface area contributed by atoms with Gasteiger partial charge in [-0.05, 0) is 50.7 Å². The van der Waals surface area contributed by atoms with Gasteiger partial charge in [0, 0.05) is 3.57 Å². The molecule has 0 aliphatic heterocycles. The second-order valence-corrected chi connectivity index (χ2v) is 5.88. The number of nitrogens with zero attached hydrogens (tertiary/aromatic N) is 2. The third kappa shape index (κ3) is 2.43. The van der Waals surface area contributed by atoms with Gasteiger partial charge in [-0.15, -0.1) is 10.2 Å². The summed E-state index contributed by atoms with van der Waals surface area (Å²) in [6, 6.07) is 8.04. The number of hydrogen-bond acceptors (Lipinski definition) is 4. The van der Waals surface area contributed by atoms with Crippen molar-refractivity contribution in [3.05, 3.63) is 31.8 Å². The van der Waals surface area contributed by atoms with E-state index >= 15 is 0 Å². The number of benzene rings is 1. The maximum atomic E-state index is 3.96. The summed E-state index contributed by atoms with van der Waals surface area (Å²) < 4.78 is 1.95. The highest BCUT2D eigenvalue weighted by atomic mass is 127. The van der Waals surface area contributed by atoms with Crippen molar-refractivity contribution in [3.8, 4) is 0 Å². The highest BCUT2D eigenvalue weighted by Gasteiger charge is 2.03. The molecule has 0 fully saturated rings. The van der Waals surface area contributed by atoms with Crippen molar-refractivity contribution in [3.63, 3.8) is 0 Å². The van der Waals surface area contributed by atoms with Gasteiger partial charge in [-0.1, -0.05) is 23.5 Å². The van der Waals surface area contributed by atoms with Crippen LogP contribution in [0.2, 0.25) is 0 Å². The number of aromatic nitrogens is 2. The Morgan fingerprint density at radius 2 is 2.07 bits per heavy atom. The van der Waals surface area contributed by atoms with Gasteiger partial charge in [-0.2, -0.15) is 0 Å². The van der Waals surface area contributed by atoms with Gasteiger partial charge in [0.05, 0.1) is 5.69 Å². The van der Waals surface area contributed by atoms with Gasteiger partial charge in [0.1, 0.15) is 0 Å². The number of para-hydroxylation sites is 1. The molecule has 0 atom stereocenters. The number of hydrogen-bond donors (Lipinski definition) is 1. The van der Waals surface area contributed by atoms with E-state index in [0.717, 1.165) is 18.3 Å². The molecule has 0 aliphatic carbocycles. The molecule has 0 spiro atoms. The van der Waals surface area contributed by atoms with E-state index in [1.165, 1.54) is 11.3 Å². The average molecular weight is 382 g/mol. The molecule has 1 N–H and O–H groups in total. The summed E-state index contributed by atoms with van der Waals surface area (Å²) >= 11 is 7.01. The topological polar surface area (TPSA) is 37.8 Å². The second kappa shape index (κ2) is 4.54. The lowest BCUT2D eigenvalue weighted by Crippen LogP contribution is -1.91. The molecule has 72 valence electrons. The number of halogens is 2. The molecule has 1 aromatic carbocycles. The van der Waals surface area contributed by atoms with Crippen LogP contribution >= 0.6 is 49.9 Å². The van der Waals surface area contributed by atoms with Gasteiger partial charge in [-0.3, -0.25) is 0 Å². The van der Waals surface area contributed by atoms with Crippen LogP contribution in [0.5, 0.6) is 0 Å². The molecule has 0 radical (unpaired) electrons. The summed E-state index contributed by atoms with van der Waals surface area (Å²) in [5.74, 6) is 0. The first kappa shape index (κ1) is 10.3. The predicted octanol–water partition coefficient (Wildman–Crippen LogP) is 3.65. The van der Waals surface area contributed by atoms with Crippen molar-refractivity contribution >= 4 is 60.7 Å². The van der Waals surface area contributed by atoms with Crippen LogP contribution in [0.4, 0.5) is 10.8 Å². The van der Waals surface area contributed by atoms with Crippen molar-refractivity contribution in [2.45, 2.75) is 0 Å². The van der Waals surface area contributed by atoms with E-state index in [9.17, 15) is 0 Å². The van der Waals surface area contributed by atoms with Crippen LogP contribution in [-0.2, 0) is 0 Å². The van der Waals surface area contributed by atoms with Gasteiger partial charge in [0.15, 0.2) is 3.92 Å². The zero-order valence-electron chi connectivity index (χ0n) is 6.87. The van der Waals surface area contributed by atoms with Crippen LogP contribution in [-0.4, -0.2) is 10.2 Å². The van der Waals surface area contributed by atoms with Gasteiger partial charge >= 0.3 is 0 Å². The van der Waals surface area contributed by atoms with E-state index in [4.69, 9.17) is 0 Å². The molecule has 0 saturated carbocycles. The first-order valence-corrected chi connectivity index (χ1v) is 6.45. The standard InChI is InChI=1S/C8H5BrIN3S/c9-7-12-13-8(14-7)11-6-4-2-1-3-5(6)10/h1-4H,(H,11,13). The van der Waals surface area contributed by atoms with E-state index in [0.29, 0.717) is 0 Å². The van der Waals surface area contributed by atoms with Crippen LogP contribution in [0.15, 0.2) is 28.2 Å². The van der Waals surface area contributed by atoms with E-state index in [1.807, 2.05) is 24.3 Å². The Hall–Kier alpha value is -0.210. The first-order valence-electron chi connectivity index (χ1n) is 3.76. The maximum absolute atomic E-state index is 3.96. The highest BCUT2D eigenvalue weighted by molar-refractivity contribution is 14.1. The van der Waals surface area contributed by atoms with Crippen LogP contribution in [0, 0.1) is 3.57 Å². The molecule has 0 aliphatic rings. The number of rotatable bonds is 2. The Balaban J connectivity index is 2.23. The zero-order valence-corrected chi connectivity index (χ0v) is 11.4. The third-order valence-corrected chi connectivity index (χ3v) is 3.73. The Morgan fingerprint density at radius 1 is 1.29 bits per heavy atom. The second-order valence-electron chi connectivity index (χ2n) is 2.47. The van der Waals surface area contributed by atoms with Crippen LogP contribution in [0.25, 0.3) is 0 Å². The lowest BCUT2D eigenvalue weighted by atomic mass is 10.3. The fourth-order valence-corrected chi connectivity index (χ4v) is 2.48. The van der Waals surface area contributed by atoms with Crippen molar-refractivity contribution in [2.75, 3.05) is 5.32 Å². The molecule has 1 aromatic heterocycles. The fraction of sp³-hybridized carbons (Fsp3) is 0. The first-order chi connectivity index (χ1) is 6.75. The van der Waals surface area contributed by atoms with E-state index in [1.54, 1.807) is 0 Å². The summed E-state index contributed by atoms with van der Waals surface area (Å²) in [7, 11) is 0. The minimum atomic E-state index is 0.783. The van der Waals surface area contributed by atoms with Gasteiger partial charge in [-0.25, -0.2) is 0 Å². The molecule has 3 nitrogen and oxygen atoms in total. The van der Waals surface area contributed by atoms with Crippen LogP contribution < -0.4 is 5.32 Å². The molecule has 0 amide bonds. The lowest BCUT2D eigenvalue weighted by Gasteiger charge is -2.03. The van der Waals surface area contributed by atoms with Crippen LogP contribution in [0.3, 0.4) is 0 Å². The fourth-order valence-electron chi connectivity index (χ4n) is 0.934. The van der Waals surface area contributed by atoms with Crippen molar-refractivity contribution in [1.82, 2.24) is 10.2 Å². The van der Waals surface area contributed by atoms with E-state index < -0.39 is 0 Å². The summed E-state index contributed by atoms with van der Waals surface area (Å²) in [4.78, 5) is 0. The Kier molecular flexibility index (Phi) is 3.34. The third-order valence-electron chi connectivity index (χ3n) is 1.52. The normalized spacial score (nSPS) is 10.1. The minimum Gasteiger partial charge on any atom is -0.329 e. The largest absolute Gasteiger partial charge is 0.329 e. The minimum absolute atomic E-state index is 0.783. The summed E-state index contributed by atoms with van der Waals surface area (Å²) in [5.41, 5.74) is 1.05. The van der Waals surface area contributed by atoms with E-state index in [-0.39, 0.29) is 0 Å². The molecule has 0 bridgehead atoms. The molecular formula is C8H5BrIN3S. The van der Waals surface area contributed by atoms with Crippen molar-refractivity contribution in [2.24, 2.45) is 0 Å². The van der Waals surface area contributed by atoms with Crippen molar-refractivity contribution in [1.29, 1.82) is 0 Å². The molecular weight excluding hydrogens is 377 g/mol. The smallest absolute Gasteiger partial charge is 0.210 e. The SMILES string of the molecule is Brc1nnc(Nc2ccccc2I)s1. The summed E-state index contributed by atoms with van der Waals surface area (Å²) in [6.45, 7) is 0. The number of anilines is 2. The Morgan fingerprint density at radius 3 is 2.71 bits per heavy atom. The van der Waals surface area contributed by atoms with Gasteiger partial charge in [0.25, 0.3) is 0 Å². The molecule has 1 heterocycles. The number of nitrogens with one attached hydrogen (secondary N) is 1. The molecule has 6 heteroatoms. The molecule has 2 aromatic rings. The molecule has 2 rings (SSSR count). The van der Waals surface area contributed by atoms with Gasteiger partial charge in [0.2, 0.25) is 5.13 Å². The molecule has 0 unspecified atom stereocenters. The quantitative estimate of drug-likeness (QED) is 0.807. The molecule has 14 heavy (non-hydrogen) atoms. The molecule has 0 saturated heterocycles. The predicted molar refractivity (Wildman–Crippen MR) is 70.1 cm³/mol. The maximum Gasteiger partial charge on any atom is 0.210 e. The van der Waals surface area contributed by atoms with Gasteiger partial charge < -0.3 is 5.32 Å². The average Bonchev–Trinajstić information content (AvgIpc) is 2.56. The summed E-state index contributed by atoms with van der Waals surface area (Å²) in [5, 5.41) is 11.8.